The van der Waals surface area contributed by atoms with Crippen LogP contribution in [0.25, 0.3) is 0 Å². The SMILES string of the molecule is C[C@]1(c2ccc3c(c2)CCC3)NC(=O)N(Cc2nc(N)nc(Nc3ccccc3)n2)C1=O. The van der Waals surface area contributed by atoms with Crippen LogP contribution in [0.3, 0.4) is 0 Å². The number of benzene rings is 2. The summed E-state index contributed by atoms with van der Waals surface area (Å²) in [6.45, 7) is 1.62. The molecule has 9 nitrogen and oxygen atoms in total. The first-order valence-electron chi connectivity index (χ1n) is 10.5. The van der Waals surface area contributed by atoms with Crippen molar-refractivity contribution in [2.75, 3.05) is 11.1 Å². The van der Waals surface area contributed by atoms with Gasteiger partial charge in [-0.15, -0.1) is 0 Å². The molecule has 1 saturated heterocycles. The number of imide groups is 1. The Morgan fingerprint density at radius 3 is 2.66 bits per heavy atom. The van der Waals surface area contributed by atoms with E-state index in [-0.39, 0.29) is 30.2 Å². The van der Waals surface area contributed by atoms with Crippen LogP contribution in [-0.2, 0) is 29.7 Å². The second-order valence-electron chi connectivity index (χ2n) is 8.21. The summed E-state index contributed by atoms with van der Waals surface area (Å²) in [4.78, 5) is 39.7. The summed E-state index contributed by atoms with van der Waals surface area (Å²) in [6.07, 6.45) is 3.16. The summed E-state index contributed by atoms with van der Waals surface area (Å²) in [6, 6.07) is 14.9. The molecule has 0 radical (unpaired) electrons. The number of aromatic nitrogens is 3. The van der Waals surface area contributed by atoms with Crippen molar-refractivity contribution < 1.29 is 9.59 Å². The van der Waals surface area contributed by atoms with Gasteiger partial charge in [-0.2, -0.15) is 15.0 Å². The van der Waals surface area contributed by atoms with Crippen molar-refractivity contribution in [1.29, 1.82) is 0 Å². The molecule has 5 rings (SSSR count). The molecule has 32 heavy (non-hydrogen) atoms. The van der Waals surface area contributed by atoms with Gasteiger partial charge in [-0.05, 0) is 55.0 Å². The van der Waals surface area contributed by atoms with Crippen LogP contribution in [0.4, 0.5) is 22.4 Å². The zero-order valence-corrected chi connectivity index (χ0v) is 17.6. The maximum atomic E-state index is 13.3. The zero-order valence-electron chi connectivity index (χ0n) is 17.6. The third-order valence-corrected chi connectivity index (χ3v) is 5.98. The van der Waals surface area contributed by atoms with Gasteiger partial charge in [-0.3, -0.25) is 9.69 Å². The van der Waals surface area contributed by atoms with E-state index in [0.717, 1.165) is 35.4 Å². The van der Waals surface area contributed by atoms with Crippen LogP contribution in [0.15, 0.2) is 48.5 Å². The standard InChI is InChI=1S/C23H23N7O2/c1-23(16-11-10-14-6-5-7-15(14)12-16)19(31)30(22(32)29-23)13-18-26-20(24)28-21(27-18)25-17-8-3-2-4-9-17/h2-4,8-12H,5-7,13H2,1H3,(H,29,32)(H3,24,25,26,27,28)/t23-/m1/s1. The average Bonchev–Trinajstić information content (AvgIpc) is 3.32. The molecule has 2 aromatic carbocycles. The number of hydrogen-bond donors (Lipinski definition) is 3. The highest BCUT2D eigenvalue weighted by Crippen LogP contribution is 2.33. The van der Waals surface area contributed by atoms with Crippen LogP contribution in [0, 0.1) is 0 Å². The van der Waals surface area contributed by atoms with Crippen molar-refractivity contribution in [2.24, 2.45) is 0 Å². The lowest BCUT2D eigenvalue weighted by Gasteiger charge is -2.23. The van der Waals surface area contributed by atoms with E-state index in [0.29, 0.717) is 0 Å². The molecule has 0 saturated carbocycles. The number of hydrogen-bond acceptors (Lipinski definition) is 7. The fourth-order valence-corrected chi connectivity index (χ4v) is 4.28. The average molecular weight is 429 g/mol. The Morgan fingerprint density at radius 2 is 1.84 bits per heavy atom. The van der Waals surface area contributed by atoms with Gasteiger partial charge in [0.25, 0.3) is 5.91 Å². The molecule has 0 spiro atoms. The van der Waals surface area contributed by atoms with E-state index in [2.05, 4.69) is 31.7 Å². The van der Waals surface area contributed by atoms with Crippen LogP contribution in [-0.4, -0.2) is 31.8 Å². The van der Waals surface area contributed by atoms with E-state index in [4.69, 9.17) is 5.73 Å². The monoisotopic (exact) mass is 429 g/mol. The molecule has 2 heterocycles. The largest absolute Gasteiger partial charge is 0.368 e. The van der Waals surface area contributed by atoms with Gasteiger partial charge >= 0.3 is 6.03 Å². The predicted molar refractivity (Wildman–Crippen MR) is 119 cm³/mol. The zero-order chi connectivity index (χ0) is 22.3. The van der Waals surface area contributed by atoms with Gasteiger partial charge in [-0.25, -0.2) is 4.79 Å². The summed E-state index contributed by atoms with van der Waals surface area (Å²) < 4.78 is 0. The summed E-state index contributed by atoms with van der Waals surface area (Å²) in [5.41, 5.74) is 8.82. The van der Waals surface area contributed by atoms with Gasteiger partial charge in [0.15, 0.2) is 5.82 Å². The highest BCUT2D eigenvalue weighted by atomic mass is 16.2. The lowest BCUT2D eigenvalue weighted by Crippen LogP contribution is -2.41. The van der Waals surface area contributed by atoms with Gasteiger partial charge < -0.3 is 16.4 Å². The number of amides is 3. The lowest BCUT2D eigenvalue weighted by molar-refractivity contribution is -0.131. The third kappa shape index (κ3) is 3.51. The van der Waals surface area contributed by atoms with E-state index in [9.17, 15) is 9.59 Å². The second kappa shape index (κ2) is 7.60. The van der Waals surface area contributed by atoms with Gasteiger partial charge in [0.05, 0.1) is 6.54 Å². The van der Waals surface area contributed by atoms with Gasteiger partial charge in [-0.1, -0.05) is 36.4 Å². The van der Waals surface area contributed by atoms with Crippen LogP contribution >= 0.6 is 0 Å². The number of aryl methyl sites for hydroxylation is 2. The van der Waals surface area contributed by atoms with Crippen molar-refractivity contribution >= 4 is 29.5 Å². The van der Waals surface area contributed by atoms with Crippen LogP contribution in [0.2, 0.25) is 0 Å². The molecule has 0 bridgehead atoms. The topological polar surface area (TPSA) is 126 Å². The Hall–Kier alpha value is -4.01. The molecule has 1 aliphatic carbocycles. The first-order valence-corrected chi connectivity index (χ1v) is 10.5. The molecule has 0 unspecified atom stereocenters. The molecule has 3 amide bonds. The molecule has 162 valence electrons. The van der Waals surface area contributed by atoms with Gasteiger partial charge in [0.2, 0.25) is 11.9 Å². The minimum Gasteiger partial charge on any atom is -0.368 e. The number of carbonyl (C=O) groups is 2. The molecule has 1 fully saturated rings. The Bertz CT molecular complexity index is 1210. The fourth-order valence-electron chi connectivity index (χ4n) is 4.28. The maximum absolute atomic E-state index is 13.3. The Morgan fingerprint density at radius 1 is 1.06 bits per heavy atom. The number of nitrogens with two attached hydrogens (primary N) is 1. The highest BCUT2D eigenvalue weighted by Gasteiger charge is 2.49. The number of nitrogens with one attached hydrogen (secondary N) is 2. The smallest absolute Gasteiger partial charge is 0.325 e. The molecular weight excluding hydrogens is 406 g/mol. The molecular formula is C23H23N7O2. The fraction of sp³-hybridized carbons (Fsp3) is 0.261. The number of anilines is 3. The van der Waals surface area contributed by atoms with E-state index in [1.54, 1.807) is 6.92 Å². The van der Waals surface area contributed by atoms with Crippen molar-refractivity contribution in [1.82, 2.24) is 25.2 Å². The second-order valence-corrected chi connectivity index (χ2v) is 8.21. The normalized spacial score (nSPS) is 19.7. The number of fused-ring (bicyclic) bond motifs is 1. The van der Waals surface area contributed by atoms with Crippen molar-refractivity contribution in [3.63, 3.8) is 0 Å². The van der Waals surface area contributed by atoms with Gasteiger partial charge in [0, 0.05) is 5.69 Å². The number of para-hydroxylation sites is 1. The maximum Gasteiger partial charge on any atom is 0.325 e. The molecule has 1 atom stereocenters. The van der Waals surface area contributed by atoms with Crippen molar-refractivity contribution in [3.8, 4) is 0 Å². The van der Waals surface area contributed by atoms with Crippen molar-refractivity contribution in [3.05, 3.63) is 71.0 Å². The quantitative estimate of drug-likeness (QED) is 0.532. The lowest BCUT2D eigenvalue weighted by atomic mass is 9.89. The number of urea groups is 1. The van der Waals surface area contributed by atoms with Crippen LogP contribution < -0.4 is 16.4 Å². The third-order valence-electron chi connectivity index (χ3n) is 5.98. The Balaban J connectivity index is 1.39. The molecule has 3 aromatic rings. The number of rotatable bonds is 5. The predicted octanol–water partition coefficient (Wildman–Crippen LogP) is 2.65. The first kappa shape index (κ1) is 19.9. The number of nitrogen functional groups attached to an aromatic ring is 1. The van der Waals surface area contributed by atoms with Crippen LogP contribution in [0.5, 0.6) is 0 Å². The molecule has 4 N–H and O–H groups in total. The summed E-state index contributed by atoms with van der Waals surface area (Å²) in [5.74, 6) is 0.114. The first-order chi connectivity index (χ1) is 15.4. The molecule has 2 aliphatic rings. The number of carbonyl (C=O) groups excluding carboxylic acids is 2. The van der Waals surface area contributed by atoms with Crippen molar-refractivity contribution in [2.45, 2.75) is 38.3 Å². The number of nitrogens with zero attached hydrogens (tertiary/aromatic N) is 4. The van der Waals surface area contributed by atoms with E-state index < -0.39 is 11.6 Å². The Labute approximate surface area is 185 Å². The minimum atomic E-state index is -1.14. The van der Waals surface area contributed by atoms with E-state index >= 15 is 0 Å². The van der Waals surface area contributed by atoms with Crippen LogP contribution in [0.1, 0.15) is 35.9 Å². The van der Waals surface area contributed by atoms with E-state index in [1.165, 1.54) is 11.1 Å². The summed E-state index contributed by atoms with van der Waals surface area (Å²) in [7, 11) is 0. The minimum absolute atomic E-state index is 0.00173. The van der Waals surface area contributed by atoms with Gasteiger partial charge in [0.1, 0.15) is 5.54 Å². The molecule has 9 heteroatoms. The summed E-state index contributed by atoms with van der Waals surface area (Å²) >= 11 is 0. The van der Waals surface area contributed by atoms with E-state index in [1.807, 2.05) is 42.5 Å². The Kier molecular flexibility index (Phi) is 4.73. The summed E-state index contributed by atoms with van der Waals surface area (Å²) in [5, 5.41) is 5.90. The highest BCUT2D eigenvalue weighted by molar-refractivity contribution is 6.07. The molecule has 1 aliphatic heterocycles. The molecule has 1 aromatic heterocycles.